The van der Waals surface area contributed by atoms with Crippen LogP contribution >= 0.6 is 0 Å². The maximum Gasteiger partial charge on any atom is 0.254 e. The zero-order valence-corrected chi connectivity index (χ0v) is 14.0. The molecule has 1 N–H and O–H groups in total. The molecule has 4 rings (SSSR count). The average Bonchev–Trinajstić information content (AvgIpc) is 2.91. The molecule has 2 aromatic heterocycles. The van der Waals surface area contributed by atoms with Crippen LogP contribution in [0.25, 0.3) is 5.78 Å². The third-order valence-electron chi connectivity index (χ3n) is 4.67. The van der Waals surface area contributed by atoms with Crippen LogP contribution in [0.3, 0.4) is 0 Å². The van der Waals surface area contributed by atoms with Gasteiger partial charge in [-0.1, -0.05) is 0 Å². The number of nitrogens with zero attached hydrogens (tertiary/aromatic N) is 6. The Labute approximate surface area is 136 Å². The van der Waals surface area contributed by atoms with Crippen molar-refractivity contribution in [1.82, 2.24) is 24.1 Å². The molecule has 1 aliphatic heterocycles. The predicted molar refractivity (Wildman–Crippen MR) is 89.7 cm³/mol. The van der Waals surface area contributed by atoms with Crippen LogP contribution in [0.15, 0.2) is 4.99 Å². The van der Waals surface area contributed by atoms with Crippen LogP contribution < -0.4 is 10.9 Å². The molecule has 0 amide bonds. The Morgan fingerprint density at radius 2 is 2.09 bits per heavy atom. The fraction of sp³-hybridized carbons (Fsp3) is 0.688. The second kappa shape index (κ2) is 5.96. The molecule has 1 aliphatic carbocycles. The summed E-state index contributed by atoms with van der Waals surface area (Å²) < 4.78 is 4.32. The van der Waals surface area contributed by atoms with Gasteiger partial charge in [-0.3, -0.25) is 0 Å². The molecule has 3 heterocycles. The van der Waals surface area contributed by atoms with Gasteiger partial charge in [-0.15, -0.1) is 0 Å². The quantitative estimate of drug-likeness (QED) is 0.843. The van der Waals surface area contributed by atoms with E-state index >= 15 is 0 Å². The largest absolute Gasteiger partial charge is 0.368 e. The molecule has 0 spiro atoms. The third kappa shape index (κ3) is 2.63. The van der Waals surface area contributed by atoms with Gasteiger partial charge in [0.15, 0.2) is 0 Å². The molecule has 0 bridgehead atoms. The van der Waals surface area contributed by atoms with Crippen molar-refractivity contribution in [1.29, 1.82) is 0 Å². The van der Waals surface area contributed by atoms with Gasteiger partial charge >= 0.3 is 0 Å². The van der Waals surface area contributed by atoms with E-state index in [1.54, 1.807) is 0 Å². The number of aryl methyl sites for hydroxylation is 1. The van der Waals surface area contributed by atoms with Gasteiger partial charge in [-0.25, -0.2) is 14.7 Å². The van der Waals surface area contributed by atoms with E-state index in [1.165, 1.54) is 29.9 Å². The molecular formula is C16H25N7. The fourth-order valence-corrected chi connectivity index (χ4v) is 3.55. The minimum Gasteiger partial charge on any atom is -0.368 e. The molecule has 0 radical (unpaired) electrons. The van der Waals surface area contributed by atoms with Crippen LogP contribution in [0.2, 0.25) is 0 Å². The summed E-state index contributed by atoms with van der Waals surface area (Å²) in [6, 6.07) is 0. The lowest BCUT2D eigenvalue weighted by Crippen LogP contribution is -2.32. The molecule has 7 heteroatoms. The van der Waals surface area contributed by atoms with Gasteiger partial charge in [-0.2, -0.15) is 9.50 Å². The molecule has 7 nitrogen and oxygen atoms in total. The maximum absolute atomic E-state index is 4.82. The topological polar surface area (TPSA) is 62.8 Å². The van der Waals surface area contributed by atoms with Crippen molar-refractivity contribution in [2.75, 3.05) is 39.0 Å². The Bertz CT molecular complexity index is 784. The van der Waals surface area contributed by atoms with Crippen LogP contribution in [0, 0.1) is 0 Å². The lowest BCUT2D eigenvalue weighted by atomic mass is 9.96. The summed E-state index contributed by atoms with van der Waals surface area (Å²) in [6.07, 6.45) is 5.73. The smallest absolute Gasteiger partial charge is 0.254 e. The summed E-state index contributed by atoms with van der Waals surface area (Å²) in [5, 5.41) is 3.56. The summed E-state index contributed by atoms with van der Waals surface area (Å²) in [7, 11) is 4.19. The molecule has 2 aliphatic rings. The highest BCUT2D eigenvalue weighted by Gasteiger charge is 2.23. The normalized spacial score (nSPS) is 17.6. The van der Waals surface area contributed by atoms with Crippen LogP contribution in [0.5, 0.6) is 0 Å². The van der Waals surface area contributed by atoms with E-state index in [1.807, 2.05) is 0 Å². The molecule has 0 aromatic carbocycles. The first-order valence-corrected chi connectivity index (χ1v) is 8.64. The highest BCUT2D eigenvalue weighted by molar-refractivity contribution is 5.54. The van der Waals surface area contributed by atoms with Gasteiger partial charge in [-0.05, 0) is 52.7 Å². The number of anilines is 1. The standard InChI is InChI=1S/C16H25N7/c1-21(2)10-5-8-18-15-20-16-19-13-7-4-3-6-12(13)14-17-9-11-22(15)23(14)16/h17H,3-11H2,1-2H3. The second-order valence-electron chi connectivity index (χ2n) is 6.70. The predicted octanol–water partition coefficient (Wildman–Crippen LogP) is 0.687. The Hall–Kier alpha value is -1.89. The number of nitrogens with one attached hydrogen (secondary N) is 1. The highest BCUT2D eigenvalue weighted by atomic mass is 15.5. The van der Waals surface area contributed by atoms with Crippen LogP contribution in [0.1, 0.15) is 30.5 Å². The van der Waals surface area contributed by atoms with E-state index in [0.717, 1.165) is 56.8 Å². The molecule has 0 unspecified atom stereocenters. The van der Waals surface area contributed by atoms with Crippen molar-refractivity contribution in [3.05, 3.63) is 16.9 Å². The molecule has 0 fully saturated rings. The number of rotatable bonds is 4. The van der Waals surface area contributed by atoms with E-state index in [-0.39, 0.29) is 0 Å². The maximum atomic E-state index is 4.82. The number of fused-ring (bicyclic) bond motifs is 2. The van der Waals surface area contributed by atoms with Crippen molar-refractivity contribution in [2.24, 2.45) is 4.99 Å². The number of aromatic nitrogens is 4. The van der Waals surface area contributed by atoms with Gasteiger partial charge in [0.05, 0.1) is 12.2 Å². The molecule has 0 atom stereocenters. The first kappa shape index (κ1) is 14.7. The van der Waals surface area contributed by atoms with Crippen LogP contribution in [-0.2, 0) is 19.4 Å². The van der Waals surface area contributed by atoms with E-state index in [0.29, 0.717) is 0 Å². The van der Waals surface area contributed by atoms with Crippen molar-refractivity contribution >= 4 is 11.6 Å². The van der Waals surface area contributed by atoms with E-state index in [9.17, 15) is 0 Å². The van der Waals surface area contributed by atoms with Crippen molar-refractivity contribution in [3.8, 4) is 0 Å². The van der Waals surface area contributed by atoms with Crippen molar-refractivity contribution < 1.29 is 0 Å². The van der Waals surface area contributed by atoms with Gasteiger partial charge in [0.2, 0.25) is 5.62 Å². The highest BCUT2D eigenvalue weighted by Crippen LogP contribution is 2.28. The lowest BCUT2D eigenvalue weighted by Gasteiger charge is -2.24. The second-order valence-corrected chi connectivity index (χ2v) is 6.70. The van der Waals surface area contributed by atoms with Gasteiger partial charge in [0, 0.05) is 18.7 Å². The molecular weight excluding hydrogens is 290 g/mol. The average molecular weight is 315 g/mol. The fourth-order valence-electron chi connectivity index (χ4n) is 3.55. The van der Waals surface area contributed by atoms with Crippen molar-refractivity contribution in [2.45, 2.75) is 38.6 Å². The Morgan fingerprint density at radius 3 is 2.96 bits per heavy atom. The summed E-state index contributed by atoms with van der Waals surface area (Å²) >= 11 is 0. The first-order chi connectivity index (χ1) is 11.2. The minimum absolute atomic E-state index is 0.791. The van der Waals surface area contributed by atoms with E-state index in [2.05, 4.69) is 33.5 Å². The molecule has 0 saturated heterocycles. The Morgan fingerprint density at radius 1 is 1.22 bits per heavy atom. The zero-order chi connectivity index (χ0) is 15.8. The molecule has 23 heavy (non-hydrogen) atoms. The van der Waals surface area contributed by atoms with Gasteiger partial charge in [0.1, 0.15) is 5.82 Å². The minimum atomic E-state index is 0.791. The van der Waals surface area contributed by atoms with Gasteiger partial charge < -0.3 is 10.2 Å². The zero-order valence-electron chi connectivity index (χ0n) is 14.0. The van der Waals surface area contributed by atoms with Crippen LogP contribution in [0.4, 0.5) is 5.82 Å². The third-order valence-corrected chi connectivity index (χ3v) is 4.67. The number of hydrogen-bond acceptors (Lipinski definition) is 5. The first-order valence-electron chi connectivity index (χ1n) is 8.64. The SMILES string of the molecule is CN(C)CCCN=c1nc2nc3c(c4n2n1CCN4)CCCC3. The Balaban J connectivity index is 1.76. The van der Waals surface area contributed by atoms with Gasteiger partial charge in [0.25, 0.3) is 5.78 Å². The summed E-state index contributed by atoms with van der Waals surface area (Å²) in [6.45, 7) is 3.68. The summed E-state index contributed by atoms with van der Waals surface area (Å²) in [5.41, 5.74) is 3.43. The van der Waals surface area contributed by atoms with E-state index < -0.39 is 0 Å². The number of hydrogen-bond donors (Lipinski definition) is 1. The lowest BCUT2D eigenvalue weighted by molar-refractivity contribution is 0.401. The van der Waals surface area contributed by atoms with Crippen molar-refractivity contribution in [3.63, 3.8) is 0 Å². The van der Waals surface area contributed by atoms with E-state index in [4.69, 9.17) is 15.0 Å². The summed E-state index contributed by atoms with van der Waals surface area (Å²) in [4.78, 5) is 16.4. The monoisotopic (exact) mass is 315 g/mol. The molecule has 124 valence electrons. The van der Waals surface area contributed by atoms with Crippen LogP contribution in [-0.4, -0.2) is 57.8 Å². The Kier molecular flexibility index (Phi) is 3.80. The molecule has 0 saturated carbocycles. The molecule has 2 aromatic rings. The summed E-state index contributed by atoms with van der Waals surface area (Å²) in [5.74, 6) is 1.98.